The number of ether oxygens (including phenoxy) is 1. The van der Waals surface area contributed by atoms with Crippen LogP contribution >= 0.6 is 0 Å². The van der Waals surface area contributed by atoms with Crippen molar-refractivity contribution in [1.82, 2.24) is 14.5 Å². The number of para-hydroxylation sites is 2. The van der Waals surface area contributed by atoms with Crippen molar-refractivity contribution < 1.29 is 9.84 Å². The average molecular weight is 317 g/mol. The van der Waals surface area contributed by atoms with Crippen molar-refractivity contribution in [3.8, 4) is 0 Å². The molecule has 0 amide bonds. The molecule has 2 heterocycles. The Kier molecular flexibility index (Phi) is 5.30. The van der Waals surface area contributed by atoms with Crippen molar-refractivity contribution in [2.75, 3.05) is 26.3 Å². The summed E-state index contributed by atoms with van der Waals surface area (Å²) >= 11 is 0. The minimum atomic E-state index is -0.435. The van der Waals surface area contributed by atoms with Crippen LogP contribution in [0.25, 0.3) is 11.0 Å². The van der Waals surface area contributed by atoms with E-state index in [1.807, 2.05) is 13.0 Å². The number of aliphatic hydroxyl groups excluding tert-OH is 1. The topological polar surface area (TPSA) is 50.5 Å². The summed E-state index contributed by atoms with van der Waals surface area (Å²) in [6, 6.07) is 8.61. The zero-order valence-corrected chi connectivity index (χ0v) is 14.1. The highest BCUT2D eigenvalue weighted by molar-refractivity contribution is 5.76. The molecule has 1 aliphatic rings. The Balaban J connectivity index is 1.82. The van der Waals surface area contributed by atoms with E-state index >= 15 is 0 Å². The van der Waals surface area contributed by atoms with Crippen LogP contribution in [0.4, 0.5) is 0 Å². The van der Waals surface area contributed by atoms with Gasteiger partial charge in [-0.05, 0) is 45.4 Å². The van der Waals surface area contributed by atoms with Crippen molar-refractivity contribution in [3.63, 3.8) is 0 Å². The van der Waals surface area contributed by atoms with Crippen molar-refractivity contribution in [3.05, 3.63) is 30.1 Å². The molecule has 2 aromatic rings. The van der Waals surface area contributed by atoms with Gasteiger partial charge in [0.1, 0.15) is 5.82 Å². The molecule has 2 atom stereocenters. The molecule has 0 unspecified atom stereocenters. The summed E-state index contributed by atoms with van der Waals surface area (Å²) in [6.45, 7) is 7.76. The first kappa shape index (κ1) is 16.4. The highest BCUT2D eigenvalue weighted by atomic mass is 16.5. The van der Waals surface area contributed by atoms with Gasteiger partial charge in [-0.3, -0.25) is 4.90 Å². The van der Waals surface area contributed by atoms with Gasteiger partial charge in [-0.15, -0.1) is 0 Å². The van der Waals surface area contributed by atoms with Crippen molar-refractivity contribution in [2.45, 2.75) is 45.4 Å². The maximum atomic E-state index is 10.2. The van der Waals surface area contributed by atoms with Gasteiger partial charge in [0, 0.05) is 19.7 Å². The molecule has 0 spiro atoms. The van der Waals surface area contributed by atoms with Crippen LogP contribution in [-0.2, 0) is 11.3 Å². The van der Waals surface area contributed by atoms with Crippen LogP contribution in [0.2, 0.25) is 0 Å². The summed E-state index contributed by atoms with van der Waals surface area (Å²) in [5, 5.41) is 10.2. The van der Waals surface area contributed by atoms with Gasteiger partial charge >= 0.3 is 0 Å². The predicted molar refractivity (Wildman–Crippen MR) is 91.5 cm³/mol. The van der Waals surface area contributed by atoms with E-state index in [0.717, 1.165) is 37.3 Å². The zero-order valence-electron chi connectivity index (χ0n) is 14.1. The Labute approximate surface area is 137 Å². The number of nitrogens with zero attached hydrogens (tertiary/aromatic N) is 3. The molecule has 1 aromatic carbocycles. The third-order valence-corrected chi connectivity index (χ3v) is 4.62. The molecule has 23 heavy (non-hydrogen) atoms. The molecule has 0 saturated carbocycles. The molecule has 1 fully saturated rings. The van der Waals surface area contributed by atoms with Crippen LogP contribution in [0.1, 0.15) is 38.6 Å². The third kappa shape index (κ3) is 3.42. The molecule has 1 N–H and O–H groups in total. The van der Waals surface area contributed by atoms with E-state index in [0.29, 0.717) is 25.8 Å². The number of β-amino-alcohol motifs (C(OH)–C–C–N with tert-alkyl or cyclic N) is 1. The maximum Gasteiger partial charge on any atom is 0.127 e. The lowest BCUT2D eigenvalue weighted by Crippen LogP contribution is -2.35. The van der Waals surface area contributed by atoms with E-state index in [4.69, 9.17) is 9.72 Å². The van der Waals surface area contributed by atoms with Gasteiger partial charge in [0.2, 0.25) is 0 Å². The lowest BCUT2D eigenvalue weighted by Gasteiger charge is -2.26. The number of imidazole rings is 1. The number of rotatable bonds is 7. The highest BCUT2D eigenvalue weighted by Gasteiger charge is 2.31. The third-order valence-electron chi connectivity index (χ3n) is 4.62. The number of hydrogen-bond acceptors (Lipinski definition) is 4. The first-order valence-electron chi connectivity index (χ1n) is 8.69. The van der Waals surface area contributed by atoms with Crippen molar-refractivity contribution in [2.24, 2.45) is 0 Å². The summed E-state index contributed by atoms with van der Waals surface area (Å²) < 4.78 is 7.65. The van der Waals surface area contributed by atoms with Gasteiger partial charge in [-0.1, -0.05) is 12.1 Å². The van der Waals surface area contributed by atoms with E-state index < -0.39 is 6.10 Å². The number of likely N-dealkylation sites (tertiary alicyclic amines) is 1. The Morgan fingerprint density at radius 1 is 1.35 bits per heavy atom. The molecule has 1 aliphatic heterocycles. The molecule has 0 aliphatic carbocycles. The summed E-state index contributed by atoms with van der Waals surface area (Å²) in [6.07, 6.45) is 1.82. The zero-order chi connectivity index (χ0) is 16.2. The summed E-state index contributed by atoms with van der Waals surface area (Å²) in [7, 11) is 0. The second-order valence-corrected chi connectivity index (χ2v) is 6.17. The van der Waals surface area contributed by atoms with Gasteiger partial charge < -0.3 is 14.4 Å². The van der Waals surface area contributed by atoms with Crippen LogP contribution in [0.15, 0.2) is 24.3 Å². The molecule has 0 radical (unpaired) electrons. The first-order chi connectivity index (χ1) is 11.2. The number of hydrogen-bond donors (Lipinski definition) is 1. The van der Waals surface area contributed by atoms with Crippen LogP contribution < -0.4 is 0 Å². The number of aromatic nitrogens is 2. The van der Waals surface area contributed by atoms with Gasteiger partial charge in [0.15, 0.2) is 0 Å². The molecule has 0 bridgehead atoms. The smallest absolute Gasteiger partial charge is 0.127 e. The van der Waals surface area contributed by atoms with Crippen LogP contribution in [0.3, 0.4) is 0 Å². The van der Waals surface area contributed by atoms with Gasteiger partial charge in [-0.25, -0.2) is 4.98 Å². The molecule has 5 nitrogen and oxygen atoms in total. The average Bonchev–Trinajstić information content (AvgIpc) is 3.16. The fourth-order valence-electron chi connectivity index (χ4n) is 3.60. The number of benzene rings is 1. The molecule has 1 aromatic heterocycles. The molecule has 3 rings (SSSR count). The standard InChI is InChI=1S/C18H27N3O2/c1-3-21-16-9-6-5-8-15(16)19-18(21)17-10-7-11-20(17)12-14(22)13-23-4-2/h5-6,8-9,14,17,22H,3-4,7,10-13H2,1-2H3/t14-,17+/m0/s1. The van der Waals surface area contributed by atoms with E-state index in [9.17, 15) is 5.11 Å². The fraction of sp³-hybridized carbons (Fsp3) is 0.611. The Morgan fingerprint density at radius 2 is 2.17 bits per heavy atom. The largest absolute Gasteiger partial charge is 0.389 e. The van der Waals surface area contributed by atoms with Crippen molar-refractivity contribution >= 4 is 11.0 Å². The van der Waals surface area contributed by atoms with E-state index in [-0.39, 0.29) is 0 Å². The van der Waals surface area contributed by atoms with E-state index in [1.54, 1.807) is 0 Å². The summed E-state index contributed by atoms with van der Waals surface area (Å²) in [5.74, 6) is 1.13. The van der Waals surface area contributed by atoms with Crippen LogP contribution in [0.5, 0.6) is 0 Å². The molecule has 5 heteroatoms. The summed E-state index contributed by atoms with van der Waals surface area (Å²) in [4.78, 5) is 7.25. The second kappa shape index (κ2) is 7.43. The summed E-state index contributed by atoms with van der Waals surface area (Å²) in [5.41, 5.74) is 2.26. The number of fused-ring (bicyclic) bond motifs is 1. The Morgan fingerprint density at radius 3 is 2.96 bits per heavy atom. The van der Waals surface area contributed by atoms with Gasteiger partial charge in [0.05, 0.1) is 29.8 Å². The lowest BCUT2D eigenvalue weighted by molar-refractivity contribution is 0.0178. The Bertz CT molecular complexity index is 640. The van der Waals surface area contributed by atoms with Gasteiger partial charge in [-0.2, -0.15) is 0 Å². The number of aliphatic hydroxyl groups is 1. The van der Waals surface area contributed by atoms with Crippen LogP contribution in [0, 0.1) is 0 Å². The molecule has 126 valence electrons. The normalized spacial score (nSPS) is 20.4. The fourth-order valence-corrected chi connectivity index (χ4v) is 3.60. The molecule has 1 saturated heterocycles. The Hall–Kier alpha value is -1.43. The van der Waals surface area contributed by atoms with Crippen LogP contribution in [-0.4, -0.2) is 52.0 Å². The van der Waals surface area contributed by atoms with E-state index in [2.05, 4.69) is 34.6 Å². The molecular weight excluding hydrogens is 290 g/mol. The van der Waals surface area contributed by atoms with Crippen molar-refractivity contribution in [1.29, 1.82) is 0 Å². The lowest BCUT2D eigenvalue weighted by atomic mass is 10.2. The van der Waals surface area contributed by atoms with Gasteiger partial charge in [0.25, 0.3) is 0 Å². The monoisotopic (exact) mass is 317 g/mol. The first-order valence-corrected chi connectivity index (χ1v) is 8.69. The maximum absolute atomic E-state index is 10.2. The number of aryl methyl sites for hydroxylation is 1. The minimum absolute atomic E-state index is 0.290. The SMILES string of the molecule is CCOC[C@@H](O)CN1CCC[C@@H]1c1nc2ccccc2n1CC. The minimum Gasteiger partial charge on any atom is -0.389 e. The molecular formula is C18H27N3O2. The predicted octanol–water partition coefficient (Wildman–Crippen LogP) is 2.59. The second-order valence-electron chi connectivity index (χ2n) is 6.17. The van der Waals surface area contributed by atoms with E-state index in [1.165, 1.54) is 5.52 Å². The highest BCUT2D eigenvalue weighted by Crippen LogP contribution is 2.33. The quantitative estimate of drug-likeness (QED) is 0.853.